The molecule has 0 fully saturated rings. The van der Waals surface area contributed by atoms with Crippen LogP contribution in [0.15, 0.2) is 65.6 Å². The molecule has 0 spiro atoms. The van der Waals surface area contributed by atoms with Crippen LogP contribution in [0.5, 0.6) is 11.5 Å². The van der Waals surface area contributed by atoms with E-state index < -0.39 is 21.6 Å². The van der Waals surface area contributed by atoms with Gasteiger partial charge in [0.2, 0.25) is 0 Å². The number of aromatic nitrogens is 2. The fourth-order valence-electron chi connectivity index (χ4n) is 3.59. The van der Waals surface area contributed by atoms with Gasteiger partial charge in [0.1, 0.15) is 22.8 Å². The number of hydrogen-bond donors (Lipinski definition) is 0. The van der Waals surface area contributed by atoms with E-state index in [2.05, 4.69) is 4.98 Å². The molecule has 0 radical (unpaired) electrons. The van der Waals surface area contributed by atoms with E-state index in [1.165, 1.54) is 18.2 Å². The zero-order valence-electron chi connectivity index (χ0n) is 17.4. The second-order valence-corrected chi connectivity index (χ2v) is 9.48. The first-order valence-electron chi connectivity index (χ1n) is 9.59. The molecule has 5 nitrogen and oxygen atoms in total. The van der Waals surface area contributed by atoms with Gasteiger partial charge in [-0.2, -0.15) is 13.2 Å². The van der Waals surface area contributed by atoms with E-state index >= 15 is 0 Å². The standard InChI is InChI=1S/C23H19F3N2O3S/c1-14-12-17(31-16-6-4-7-18(13-16)32(3,29)30)10-11-20(14)28-15(2)27-22-19(23(24,25)26)8-5-9-21(22)28/h4-13H,1-3H3. The number of aryl methyl sites for hydroxylation is 2. The van der Waals surface area contributed by atoms with Crippen LogP contribution in [-0.2, 0) is 16.0 Å². The van der Waals surface area contributed by atoms with E-state index in [1.807, 2.05) is 6.92 Å². The Labute approximate surface area is 183 Å². The molecular weight excluding hydrogens is 441 g/mol. The van der Waals surface area contributed by atoms with Crippen molar-refractivity contribution in [2.75, 3.05) is 6.26 Å². The fourth-order valence-corrected chi connectivity index (χ4v) is 4.25. The van der Waals surface area contributed by atoms with E-state index in [0.29, 0.717) is 28.5 Å². The lowest BCUT2D eigenvalue weighted by Crippen LogP contribution is -2.05. The summed E-state index contributed by atoms with van der Waals surface area (Å²) in [5.41, 5.74) is 0.896. The van der Waals surface area contributed by atoms with Gasteiger partial charge in [-0.3, -0.25) is 4.57 Å². The molecule has 32 heavy (non-hydrogen) atoms. The number of halogens is 3. The molecule has 0 atom stereocenters. The molecule has 1 aromatic heterocycles. The normalized spacial score (nSPS) is 12.3. The van der Waals surface area contributed by atoms with Crippen LogP contribution in [0, 0.1) is 13.8 Å². The maximum absolute atomic E-state index is 13.4. The number of benzene rings is 3. The maximum atomic E-state index is 13.4. The lowest BCUT2D eigenvalue weighted by atomic mass is 10.1. The Bertz CT molecular complexity index is 1440. The maximum Gasteiger partial charge on any atom is 0.418 e. The van der Waals surface area contributed by atoms with E-state index in [1.54, 1.807) is 47.9 Å². The predicted molar refractivity (Wildman–Crippen MR) is 115 cm³/mol. The van der Waals surface area contributed by atoms with E-state index in [-0.39, 0.29) is 10.4 Å². The highest BCUT2D eigenvalue weighted by atomic mass is 32.2. The van der Waals surface area contributed by atoms with Gasteiger partial charge in [-0.25, -0.2) is 13.4 Å². The van der Waals surface area contributed by atoms with Crippen molar-refractivity contribution in [1.29, 1.82) is 0 Å². The van der Waals surface area contributed by atoms with Gasteiger partial charge in [0, 0.05) is 6.26 Å². The number of nitrogens with zero attached hydrogens (tertiary/aromatic N) is 2. The van der Waals surface area contributed by atoms with Crippen molar-refractivity contribution in [3.05, 3.63) is 77.6 Å². The Hall–Kier alpha value is -3.33. The second-order valence-electron chi connectivity index (χ2n) is 7.46. The molecule has 0 saturated heterocycles. The van der Waals surface area contributed by atoms with Crippen LogP contribution in [0.2, 0.25) is 0 Å². The van der Waals surface area contributed by atoms with Crippen molar-refractivity contribution in [1.82, 2.24) is 9.55 Å². The van der Waals surface area contributed by atoms with Crippen LogP contribution in [0.1, 0.15) is 17.0 Å². The third-order valence-corrected chi connectivity index (χ3v) is 6.15. The minimum absolute atomic E-state index is 0.102. The van der Waals surface area contributed by atoms with Gasteiger partial charge in [0.15, 0.2) is 9.84 Å². The topological polar surface area (TPSA) is 61.2 Å². The minimum Gasteiger partial charge on any atom is -0.457 e. The quantitative estimate of drug-likeness (QED) is 0.383. The van der Waals surface area contributed by atoms with Crippen LogP contribution in [0.25, 0.3) is 16.7 Å². The summed E-state index contributed by atoms with van der Waals surface area (Å²) in [6.07, 6.45) is -3.38. The lowest BCUT2D eigenvalue weighted by molar-refractivity contribution is -0.136. The van der Waals surface area contributed by atoms with Gasteiger partial charge in [-0.15, -0.1) is 0 Å². The Morgan fingerprint density at radius 1 is 0.938 bits per heavy atom. The Morgan fingerprint density at radius 3 is 2.28 bits per heavy atom. The summed E-state index contributed by atoms with van der Waals surface area (Å²) in [6.45, 7) is 3.47. The van der Waals surface area contributed by atoms with Gasteiger partial charge in [0.25, 0.3) is 0 Å². The monoisotopic (exact) mass is 460 g/mol. The largest absolute Gasteiger partial charge is 0.457 e. The van der Waals surface area contributed by atoms with Gasteiger partial charge >= 0.3 is 6.18 Å². The van der Waals surface area contributed by atoms with E-state index in [0.717, 1.165) is 17.9 Å². The molecule has 0 amide bonds. The fraction of sp³-hybridized carbons (Fsp3) is 0.174. The van der Waals surface area contributed by atoms with E-state index in [9.17, 15) is 21.6 Å². The van der Waals surface area contributed by atoms with Crippen LogP contribution in [0.4, 0.5) is 13.2 Å². The summed E-state index contributed by atoms with van der Waals surface area (Å²) in [7, 11) is -3.37. The average molecular weight is 460 g/mol. The number of sulfone groups is 1. The Kier molecular flexibility index (Phi) is 5.24. The molecule has 166 valence electrons. The number of rotatable bonds is 4. The summed E-state index contributed by atoms with van der Waals surface area (Å²) in [6, 6.07) is 15.3. The molecule has 9 heteroatoms. The van der Waals surface area contributed by atoms with Crippen molar-refractivity contribution in [3.63, 3.8) is 0 Å². The summed E-state index contributed by atoms with van der Waals surface area (Å²) >= 11 is 0. The molecule has 4 rings (SSSR count). The summed E-state index contributed by atoms with van der Waals surface area (Å²) in [5, 5.41) is 0. The Balaban J connectivity index is 1.74. The molecule has 0 N–H and O–H groups in total. The zero-order valence-corrected chi connectivity index (χ0v) is 18.3. The average Bonchev–Trinajstić information content (AvgIpc) is 3.02. The number of alkyl halides is 3. The number of para-hydroxylation sites is 1. The summed E-state index contributed by atoms with van der Waals surface area (Å²) in [5.74, 6) is 1.25. The van der Waals surface area contributed by atoms with Crippen LogP contribution in [-0.4, -0.2) is 24.2 Å². The van der Waals surface area contributed by atoms with Crippen molar-refractivity contribution in [3.8, 4) is 17.2 Å². The molecule has 0 aliphatic rings. The third kappa shape index (κ3) is 4.08. The molecule has 0 aliphatic heterocycles. The third-order valence-electron chi connectivity index (χ3n) is 5.04. The second kappa shape index (κ2) is 7.67. The molecule has 0 unspecified atom stereocenters. The highest BCUT2D eigenvalue weighted by Gasteiger charge is 2.34. The highest BCUT2D eigenvalue weighted by Crippen LogP contribution is 2.36. The first-order chi connectivity index (χ1) is 14.9. The number of fused-ring (bicyclic) bond motifs is 1. The SMILES string of the molecule is Cc1cc(Oc2cccc(S(C)(=O)=O)c2)ccc1-n1c(C)nc2c(C(F)(F)F)cccc21. The van der Waals surface area contributed by atoms with Crippen molar-refractivity contribution in [2.24, 2.45) is 0 Å². The first-order valence-corrected chi connectivity index (χ1v) is 11.5. The van der Waals surface area contributed by atoms with Crippen LogP contribution >= 0.6 is 0 Å². The number of imidazole rings is 1. The molecule has 0 bridgehead atoms. The van der Waals surface area contributed by atoms with Gasteiger partial charge in [-0.05, 0) is 67.9 Å². The summed E-state index contributed by atoms with van der Waals surface area (Å²) < 4.78 is 71.2. The molecule has 0 aliphatic carbocycles. The predicted octanol–water partition coefficient (Wildman–Crippen LogP) is 5.86. The van der Waals surface area contributed by atoms with Crippen molar-refractivity contribution in [2.45, 2.75) is 24.9 Å². The van der Waals surface area contributed by atoms with Crippen LogP contribution in [0.3, 0.4) is 0 Å². The van der Waals surface area contributed by atoms with Crippen molar-refractivity contribution < 1.29 is 26.3 Å². The van der Waals surface area contributed by atoms with Crippen molar-refractivity contribution >= 4 is 20.9 Å². The van der Waals surface area contributed by atoms with Gasteiger partial charge < -0.3 is 4.74 Å². The number of ether oxygens (including phenoxy) is 1. The molecule has 1 heterocycles. The van der Waals surface area contributed by atoms with E-state index in [4.69, 9.17) is 4.74 Å². The Morgan fingerprint density at radius 2 is 1.62 bits per heavy atom. The first kappa shape index (κ1) is 21.9. The summed E-state index contributed by atoms with van der Waals surface area (Å²) in [4.78, 5) is 4.32. The van der Waals surface area contributed by atoms with Gasteiger partial charge in [-0.1, -0.05) is 12.1 Å². The number of hydrogen-bond acceptors (Lipinski definition) is 4. The smallest absolute Gasteiger partial charge is 0.418 e. The van der Waals surface area contributed by atoms with Crippen LogP contribution < -0.4 is 4.74 Å². The lowest BCUT2D eigenvalue weighted by Gasteiger charge is -2.14. The molecular formula is C23H19F3N2O3S. The zero-order chi connectivity index (χ0) is 23.3. The molecule has 0 saturated carbocycles. The minimum atomic E-state index is -4.50. The highest BCUT2D eigenvalue weighted by molar-refractivity contribution is 7.90. The molecule has 3 aromatic carbocycles. The molecule has 4 aromatic rings. The van der Waals surface area contributed by atoms with Gasteiger partial charge in [0.05, 0.1) is 21.7 Å².